The molecule has 5 heteroatoms. The van der Waals surface area contributed by atoms with Gasteiger partial charge in [0.05, 0.1) is 5.69 Å². The topological polar surface area (TPSA) is 41.1 Å². The van der Waals surface area contributed by atoms with Crippen molar-refractivity contribution in [1.29, 1.82) is 0 Å². The Labute approximate surface area is 152 Å². The summed E-state index contributed by atoms with van der Waals surface area (Å²) in [6, 6.07) is 14.9. The highest BCUT2D eigenvalue weighted by molar-refractivity contribution is 5.53. The Morgan fingerprint density at radius 1 is 1.15 bits per heavy atom. The van der Waals surface area contributed by atoms with Crippen molar-refractivity contribution >= 4 is 11.6 Å². The number of halogens is 1. The molecule has 0 saturated heterocycles. The molecule has 0 atom stereocenters. The number of benzene rings is 2. The van der Waals surface area contributed by atoms with Gasteiger partial charge in [0.25, 0.3) is 0 Å². The Morgan fingerprint density at radius 3 is 2.81 bits per heavy atom. The number of nitrogens with one attached hydrogen (secondary N) is 1. The summed E-state index contributed by atoms with van der Waals surface area (Å²) in [5, 5.41) is 3.14. The average molecular weight is 348 g/mol. The minimum absolute atomic E-state index is 0.254. The average Bonchev–Trinajstić information content (AvgIpc) is 2.64. The molecular formula is C21H21FN4. The van der Waals surface area contributed by atoms with E-state index in [9.17, 15) is 4.39 Å². The van der Waals surface area contributed by atoms with Gasteiger partial charge in [-0.15, -0.1) is 0 Å². The van der Waals surface area contributed by atoms with E-state index in [-0.39, 0.29) is 5.82 Å². The Morgan fingerprint density at radius 2 is 2.00 bits per heavy atom. The number of aromatic nitrogens is 2. The predicted octanol–water partition coefficient (Wildman–Crippen LogP) is 4.23. The molecule has 1 aromatic heterocycles. The Bertz CT molecular complexity index is 908. The first-order valence-electron chi connectivity index (χ1n) is 8.81. The van der Waals surface area contributed by atoms with Crippen molar-refractivity contribution in [2.45, 2.75) is 26.4 Å². The van der Waals surface area contributed by atoms with Crippen LogP contribution in [-0.2, 0) is 19.5 Å². The third-order valence-electron chi connectivity index (χ3n) is 4.60. The van der Waals surface area contributed by atoms with E-state index in [2.05, 4.69) is 51.4 Å². The third-order valence-corrected chi connectivity index (χ3v) is 4.60. The molecule has 4 rings (SSSR count). The number of anilines is 2. The molecule has 2 heterocycles. The van der Waals surface area contributed by atoms with Gasteiger partial charge in [0, 0.05) is 43.5 Å². The lowest BCUT2D eigenvalue weighted by Gasteiger charge is -2.28. The van der Waals surface area contributed by atoms with Gasteiger partial charge >= 0.3 is 0 Å². The van der Waals surface area contributed by atoms with Gasteiger partial charge < -0.3 is 5.32 Å². The third kappa shape index (κ3) is 3.89. The largest absolute Gasteiger partial charge is 0.324 e. The number of nitrogens with zero attached hydrogens (tertiary/aromatic N) is 3. The molecule has 1 N–H and O–H groups in total. The quantitative estimate of drug-likeness (QED) is 0.766. The number of hydrogen-bond acceptors (Lipinski definition) is 4. The van der Waals surface area contributed by atoms with Gasteiger partial charge in [-0.05, 0) is 36.8 Å². The molecule has 0 amide bonds. The van der Waals surface area contributed by atoms with Gasteiger partial charge in [-0.2, -0.15) is 0 Å². The van der Waals surface area contributed by atoms with E-state index in [1.165, 1.54) is 28.8 Å². The SMILES string of the molecule is Cc1cccc(CN2CCc3nc(Nc4ccc(F)cc4)ncc3C2)c1. The smallest absolute Gasteiger partial charge is 0.227 e. The summed E-state index contributed by atoms with van der Waals surface area (Å²) in [7, 11) is 0. The minimum atomic E-state index is -0.254. The summed E-state index contributed by atoms with van der Waals surface area (Å²) in [6.45, 7) is 4.91. The maximum Gasteiger partial charge on any atom is 0.227 e. The van der Waals surface area contributed by atoms with E-state index in [0.29, 0.717) is 5.95 Å². The Hall–Kier alpha value is -2.79. The molecule has 26 heavy (non-hydrogen) atoms. The van der Waals surface area contributed by atoms with Crippen LogP contribution in [0.15, 0.2) is 54.7 Å². The van der Waals surface area contributed by atoms with Gasteiger partial charge in [0.15, 0.2) is 0 Å². The van der Waals surface area contributed by atoms with Gasteiger partial charge in [-0.3, -0.25) is 4.90 Å². The fraction of sp³-hybridized carbons (Fsp3) is 0.238. The van der Waals surface area contributed by atoms with Crippen molar-refractivity contribution in [2.24, 2.45) is 0 Å². The highest BCUT2D eigenvalue weighted by Crippen LogP contribution is 2.21. The zero-order valence-electron chi connectivity index (χ0n) is 14.7. The summed E-state index contributed by atoms with van der Waals surface area (Å²) in [5.74, 6) is 0.304. The maximum atomic E-state index is 13.0. The van der Waals surface area contributed by atoms with Gasteiger partial charge in [0.2, 0.25) is 5.95 Å². The van der Waals surface area contributed by atoms with Gasteiger partial charge in [-0.1, -0.05) is 29.8 Å². The summed E-state index contributed by atoms with van der Waals surface area (Å²) in [5.41, 5.74) is 5.67. The van der Waals surface area contributed by atoms with Crippen LogP contribution < -0.4 is 5.32 Å². The van der Waals surface area contributed by atoms with E-state index < -0.39 is 0 Å². The molecule has 0 bridgehead atoms. The first-order valence-corrected chi connectivity index (χ1v) is 8.81. The van der Waals surface area contributed by atoms with Gasteiger partial charge in [0.1, 0.15) is 5.82 Å². The van der Waals surface area contributed by atoms with Crippen LogP contribution in [0.4, 0.5) is 16.0 Å². The van der Waals surface area contributed by atoms with Crippen LogP contribution in [0.25, 0.3) is 0 Å². The standard InChI is InChI=1S/C21H21FN4/c1-15-3-2-4-16(11-15)13-26-10-9-20-17(14-26)12-23-21(25-20)24-19-7-5-18(22)6-8-19/h2-8,11-12H,9-10,13-14H2,1H3,(H,23,24,25). The highest BCUT2D eigenvalue weighted by atomic mass is 19.1. The normalized spacial score (nSPS) is 14.1. The van der Waals surface area contributed by atoms with Crippen molar-refractivity contribution in [3.05, 3.63) is 82.9 Å². The Kier molecular flexibility index (Phi) is 4.63. The molecule has 0 fully saturated rings. The summed E-state index contributed by atoms with van der Waals surface area (Å²) in [6.07, 6.45) is 2.80. The minimum Gasteiger partial charge on any atom is -0.324 e. The molecule has 4 nitrogen and oxygen atoms in total. The second kappa shape index (κ2) is 7.22. The molecule has 0 aliphatic carbocycles. The van der Waals surface area contributed by atoms with Crippen LogP contribution in [0.2, 0.25) is 0 Å². The molecule has 0 radical (unpaired) electrons. The molecule has 0 spiro atoms. The van der Waals surface area contributed by atoms with Crippen molar-refractivity contribution < 1.29 is 4.39 Å². The highest BCUT2D eigenvalue weighted by Gasteiger charge is 2.18. The fourth-order valence-electron chi connectivity index (χ4n) is 3.30. The molecule has 2 aromatic carbocycles. The van der Waals surface area contributed by atoms with E-state index in [4.69, 9.17) is 0 Å². The number of fused-ring (bicyclic) bond motifs is 1. The van der Waals surface area contributed by atoms with Crippen LogP contribution in [0, 0.1) is 12.7 Å². The van der Waals surface area contributed by atoms with Crippen LogP contribution in [-0.4, -0.2) is 21.4 Å². The molecule has 1 aliphatic rings. The van der Waals surface area contributed by atoms with E-state index in [0.717, 1.165) is 37.4 Å². The molecule has 3 aromatic rings. The maximum absolute atomic E-state index is 13.0. The molecule has 1 aliphatic heterocycles. The van der Waals surface area contributed by atoms with Crippen LogP contribution >= 0.6 is 0 Å². The monoisotopic (exact) mass is 348 g/mol. The van der Waals surface area contributed by atoms with Crippen molar-refractivity contribution in [1.82, 2.24) is 14.9 Å². The second-order valence-corrected chi connectivity index (χ2v) is 6.75. The van der Waals surface area contributed by atoms with E-state index >= 15 is 0 Å². The zero-order chi connectivity index (χ0) is 17.9. The van der Waals surface area contributed by atoms with E-state index in [1.54, 1.807) is 12.1 Å². The summed E-state index contributed by atoms with van der Waals surface area (Å²) >= 11 is 0. The second-order valence-electron chi connectivity index (χ2n) is 6.75. The first kappa shape index (κ1) is 16.7. The van der Waals surface area contributed by atoms with Crippen LogP contribution in [0.1, 0.15) is 22.4 Å². The molecule has 132 valence electrons. The number of hydrogen-bond donors (Lipinski definition) is 1. The molecule has 0 saturated carbocycles. The predicted molar refractivity (Wildman–Crippen MR) is 101 cm³/mol. The summed E-state index contributed by atoms with van der Waals surface area (Å²) < 4.78 is 13.0. The van der Waals surface area contributed by atoms with Crippen molar-refractivity contribution in [3.63, 3.8) is 0 Å². The van der Waals surface area contributed by atoms with Crippen LogP contribution in [0.5, 0.6) is 0 Å². The fourth-order valence-corrected chi connectivity index (χ4v) is 3.30. The van der Waals surface area contributed by atoms with Crippen molar-refractivity contribution in [3.8, 4) is 0 Å². The van der Waals surface area contributed by atoms with E-state index in [1.807, 2.05) is 6.20 Å². The van der Waals surface area contributed by atoms with Crippen molar-refractivity contribution in [2.75, 3.05) is 11.9 Å². The van der Waals surface area contributed by atoms with Gasteiger partial charge in [-0.25, -0.2) is 14.4 Å². The number of aryl methyl sites for hydroxylation is 1. The zero-order valence-corrected chi connectivity index (χ0v) is 14.7. The molecule has 0 unspecified atom stereocenters. The first-order chi connectivity index (χ1) is 12.7. The number of rotatable bonds is 4. The van der Waals surface area contributed by atoms with Crippen LogP contribution in [0.3, 0.4) is 0 Å². The Balaban J connectivity index is 1.44. The molecular weight excluding hydrogens is 327 g/mol. The summed E-state index contributed by atoms with van der Waals surface area (Å²) in [4.78, 5) is 11.5. The lowest BCUT2D eigenvalue weighted by atomic mass is 10.1. The lowest BCUT2D eigenvalue weighted by Crippen LogP contribution is -2.31. The lowest BCUT2D eigenvalue weighted by molar-refractivity contribution is 0.243.